The Balaban J connectivity index is 2.46. The first-order valence-corrected chi connectivity index (χ1v) is 8.04. The fourth-order valence-electron chi connectivity index (χ4n) is 1.79. The van der Waals surface area contributed by atoms with Gasteiger partial charge in [0.25, 0.3) is 10.0 Å². The van der Waals surface area contributed by atoms with Crippen molar-refractivity contribution in [1.82, 2.24) is 0 Å². The van der Waals surface area contributed by atoms with Crippen LogP contribution in [0.15, 0.2) is 35.2 Å². The predicted octanol–water partition coefficient (Wildman–Crippen LogP) is 3.44. The van der Waals surface area contributed by atoms with Crippen LogP contribution >= 0.6 is 11.6 Å². The van der Waals surface area contributed by atoms with E-state index >= 15 is 0 Å². The van der Waals surface area contributed by atoms with Crippen LogP contribution in [-0.4, -0.2) is 22.6 Å². The smallest absolute Gasteiger partial charge is 0.262 e. The van der Waals surface area contributed by atoms with Gasteiger partial charge in [0.2, 0.25) is 0 Å². The summed E-state index contributed by atoms with van der Waals surface area (Å²) in [5, 5.41) is 0.222. The molecule has 0 saturated heterocycles. The Labute approximate surface area is 136 Å². The average Bonchev–Trinajstić information content (AvgIpc) is 2.50. The van der Waals surface area contributed by atoms with Crippen molar-refractivity contribution in [2.45, 2.75) is 4.90 Å². The van der Waals surface area contributed by atoms with E-state index in [9.17, 15) is 17.2 Å². The van der Waals surface area contributed by atoms with E-state index in [4.69, 9.17) is 21.1 Å². The first kappa shape index (κ1) is 17.3. The zero-order valence-corrected chi connectivity index (χ0v) is 13.6. The van der Waals surface area contributed by atoms with E-state index in [1.807, 2.05) is 0 Å². The maximum Gasteiger partial charge on any atom is 0.262 e. The van der Waals surface area contributed by atoms with Crippen LogP contribution in [0.5, 0.6) is 11.5 Å². The van der Waals surface area contributed by atoms with Crippen molar-refractivity contribution in [1.29, 1.82) is 0 Å². The summed E-state index contributed by atoms with van der Waals surface area (Å²) in [6.45, 7) is 0. The standard InChI is InChI=1S/C14H12ClF2NO4S/c1-21-13-7-12(14(22-2)6-9(13)15)18-23(19,20)8-3-4-10(16)11(17)5-8/h3-7,18H,1-2H3. The lowest BCUT2D eigenvalue weighted by Crippen LogP contribution is -2.14. The van der Waals surface area contributed by atoms with Crippen molar-refractivity contribution in [3.05, 3.63) is 47.0 Å². The second-order valence-electron chi connectivity index (χ2n) is 4.37. The first-order valence-electron chi connectivity index (χ1n) is 6.18. The molecule has 0 fully saturated rings. The quantitative estimate of drug-likeness (QED) is 0.883. The Morgan fingerprint density at radius 1 is 1.00 bits per heavy atom. The van der Waals surface area contributed by atoms with Crippen molar-refractivity contribution in [3.8, 4) is 11.5 Å². The number of ether oxygens (including phenoxy) is 2. The predicted molar refractivity (Wildman–Crippen MR) is 81.7 cm³/mol. The van der Waals surface area contributed by atoms with Gasteiger partial charge in [-0.3, -0.25) is 4.72 Å². The van der Waals surface area contributed by atoms with Gasteiger partial charge < -0.3 is 9.47 Å². The second kappa shape index (κ2) is 6.59. The summed E-state index contributed by atoms with van der Waals surface area (Å²) in [6, 6.07) is 4.93. The van der Waals surface area contributed by atoms with Crippen molar-refractivity contribution in [2.24, 2.45) is 0 Å². The zero-order valence-electron chi connectivity index (χ0n) is 12.1. The van der Waals surface area contributed by atoms with Crippen molar-refractivity contribution >= 4 is 27.3 Å². The molecular weight excluding hydrogens is 352 g/mol. The number of hydrogen-bond acceptors (Lipinski definition) is 4. The highest BCUT2D eigenvalue weighted by molar-refractivity contribution is 7.92. The van der Waals surface area contributed by atoms with Crippen LogP contribution < -0.4 is 14.2 Å². The summed E-state index contributed by atoms with van der Waals surface area (Å²) in [7, 11) is -1.47. The number of methoxy groups -OCH3 is 2. The monoisotopic (exact) mass is 363 g/mol. The summed E-state index contributed by atoms with van der Waals surface area (Å²) in [4.78, 5) is -0.438. The van der Waals surface area contributed by atoms with Gasteiger partial charge >= 0.3 is 0 Å². The summed E-state index contributed by atoms with van der Waals surface area (Å²) < 4.78 is 63.0. The third-order valence-corrected chi connectivity index (χ3v) is 4.58. The Bertz CT molecular complexity index is 843. The Kier molecular flexibility index (Phi) is 4.96. The topological polar surface area (TPSA) is 64.6 Å². The molecule has 0 atom stereocenters. The molecule has 0 unspecified atom stereocenters. The van der Waals surface area contributed by atoms with Gasteiger partial charge in [-0.15, -0.1) is 0 Å². The van der Waals surface area contributed by atoms with E-state index in [0.29, 0.717) is 6.07 Å². The minimum atomic E-state index is -4.16. The molecule has 0 bridgehead atoms. The fourth-order valence-corrected chi connectivity index (χ4v) is 3.09. The normalized spacial score (nSPS) is 11.2. The van der Waals surface area contributed by atoms with Gasteiger partial charge in [-0.05, 0) is 18.2 Å². The molecule has 0 saturated carbocycles. The number of benzene rings is 2. The van der Waals surface area contributed by atoms with Crippen LogP contribution in [0, 0.1) is 11.6 Å². The molecule has 5 nitrogen and oxygen atoms in total. The lowest BCUT2D eigenvalue weighted by Gasteiger charge is -2.14. The van der Waals surface area contributed by atoms with Crippen LogP contribution in [0.1, 0.15) is 0 Å². The number of sulfonamides is 1. The molecule has 2 rings (SSSR count). The molecule has 0 aliphatic heterocycles. The third-order valence-electron chi connectivity index (χ3n) is 2.92. The number of anilines is 1. The van der Waals surface area contributed by atoms with Gasteiger partial charge in [0.1, 0.15) is 11.5 Å². The molecule has 0 aliphatic carbocycles. The maximum absolute atomic E-state index is 13.2. The SMILES string of the molecule is COc1cc(NS(=O)(=O)c2ccc(F)c(F)c2)c(OC)cc1Cl. The van der Waals surface area contributed by atoms with E-state index in [0.717, 1.165) is 12.1 Å². The minimum Gasteiger partial charge on any atom is -0.495 e. The number of nitrogens with one attached hydrogen (secondary N) is 1. The minimum absolute atomic E-state index is 0.0403. The van der Waals surface area contributed by atoms with Crippen molar-refractivity contribution < 1.29 is 26.7 Å². The lowest BCUT2D eigenvalue weighted by molar-refractivity contribution is 0.405. The summed E-state index contributed by atoms with van der Waals surface area (Å²) in [5.74, 6) is -2.05. The second-order valence-corrected chi connectivity index (χ2v) is 6.46. The van der Waals surface area contributed by atoms with Crippen molar-refractivity contribution in [3.63, 3.8) is 0 Å². The van der Waals surface area contributed by atoms with Gasteiger partial charge in [-0.25, -0.2) is 17.2 Å². The van der Waals surface area contributed by atoms with E-state index in [1.165, 1.54) is 26.4 Å². The Morgan fingerprint density at radius 3 is 2.22 bits per heavy atom. The third kappa shape index (κ3) is 3.65. The summed E-state index contributed by atoms with van der Waals surface area (Å²) >= 11 is 5.93. The highest BCUT2D eigenvalue weighted by atomic mass is 35.5. The van der Waals surface area contributed by atoms with Gasteiger partial charge in [-0.1, -0.05) is 11.6 Å². The van der Waals surface area contributed by atoms with Crippen LogP contribution in [0.25, 0.3) is 0 Å². The highest BCUT2D eigenvalue weighted by Crippen LogP contribution is 2.36. The molecule has 0 aromatic heterocycles. The zero-order chi connectivity index (χ0) is 17.2. The van der Waals surface area contributed by atoms with Gasteiger partial charge in [-0.2, -0.15) is 0 Å². The van der Waals surface area contributed by atoms with Crippen LogP contribution in [0.2, 0.25) is 5.02 Å². The highest BCUT2D eigenvalue weighted by Gasteiger charge is 2.20. The molecule has 0 aliphatic rings. The van der Waals surface area contributed by atoms with E-state index in [-0.39, 0.29) is 22.2 Å². The van der Waals surface area contributed by atoms with E-state index in [2.05, 4.69) is 4.72 Å². The molecule has 23 heavy (non-hydrogen) atoms. The molecule has 2 aromatic carbocycles. The van der Waals surface area contributed by atoms with Gasteiger partial charge in [0.05, 0.1) is 29.8 Å². The molecule has 2 aromatic rings. The Hall–Kier alpha value is -2.06. The molecular formula is C14H12ClF2NO4S. The largest absolute Gasteiger partial charge is 0.495 e. The molecule has 9 heteroatoms. The number of hydrogen-bond donors (Lipinski definition) is 1. The molecule has 0 heterocycles. The number of halogens is 3. The van der Waals surface area contributed by atoms with Gasteiger partial charge in [0, 0.05) is 12.1 Å². The van der Waals surface area contributed by atoms with E-state index in [1.54, 1.807) is 0 Å². The van der Waals surface area contributed by atoms with Gasteiger partial charge in [0.15, 0.2) is 11.6 Å². The van der Waals surface area contributed by atoms with Crippen molar-refractivity contribution in [2.75, 3.05) is 18.9 Å². The summed E-state index contributed by atoms with van der Waals surface area (Å²) in [6.07, 6.45) is 0. The lowest BCUT2D eigenvalue weighted by atomic mass is 10.3. The fraction of sp³-hybridized carbons (Fsp3) is 0.143. The number of rotatable bonds is 5. The van der Waals surface area contributed by atoms with Crippen LogP contribution in [0.3, 0.4) is 0 Å². The average molecular weight is 364 g/mol. The molecule has 0 radical (unpaired) electrons. The van der Waals surface area contributed by atoms with Crippen LogP contribution in [-0.2, 0) is 10.0 Å². The van der Waals surface area contributed by atoms with E-state index < -0.39 is 26.6 Å². The molecule has 0 spiro atoms. The molecule has 124 valence electrons. The maximum atomic E-state index is 13.2. The molecule has 0 amide bonds. The summed E-state index contributed by atoms with van der Waals surface area (Å²) in [5.41, 5.74) is 0.0403. The van der Waals surface area contributed by atoms with Crippen LogP contribution in [0.4, 0.5) is 14.5 Å². The molecule has 1 N–H and O–H groups in total. The first-order chi connectivity index (χ1) is 10.8. The Morgan fingerprint density at radius 2 is 1.65 bits per heavy atom.